The second kappa shape index (κ2) is 6.94. The number of aliphatic hydroxyl groups excluding tert-OH is 1. The van der Waals surface area contributed by atoms with E-state index in [0.717, 1.165) is 6.54 Å². The lowest BCUT2D eigenvalue weighted by Crippen LogP contribution is -2.23. The lowest BCUT2D eigenvalue weighted by atomic mass is 10.2. The molecular formula is C15H23ClN2O. The fraction of sp³-hybridized carbons (Fsp3) is 0.467. The van der Waals surface area contributed by atoms with Gasteiger partial charge in [0, 0.05) is 36.2 Å². The summed E-state index contributed by atoms with van der Waals surface area (Å²) < 4.78 is 2.30. The number of para-hydroxylation sites is 1. The number of aromatic nitrogens is 1. The van der Waals surface area contributed by atoms with Crippen LogP contribution in [0.15, 0.2) is 30.5 Å². The highest BCUT2D eigenvalue weighted by Gasteiger charge is 2.09. The molecule has 1 atom stereocenters. The summed E-state index contributed by atoms with van der Waals surface area (Å²) in [6.45, 7) is 7.61. The second-order valence-electron chi connectivity index (χ2n) is 5.15. The minimum atomic E-state index is -0.302. The molecule has 3 nitrogen and oxygen atoms in total. The van der Waals surface area contributed by atoms with Gasteiger partial charge < -0.3 is 15.0 Å². The van der Waals surface area contributed by atoms with Gasteiger partial charge in [-0.05, 0) is 32.4 Å². The van der Waals surface area contributed by atoms with Crippen LogP contribution in [0.4, 0.5) is 0 Å². The zero-order valence-corrected chi connectivity index (χ0v) is 12.6. The van der Waals surface area contributed by atoms with Gasteiger partial charge in [0.2, 0.25) is 0 Å². The highest BCUT2D eigenvalue weighted by Crippen LogP contribution is 2.24. The average Bonchev–Trinajstić information content (AvgIpc) is 2.68. The molecule has 19 heavy (non-hydrogen) atoms. The minimum absolute atomic E-state index is 0. The summed E-state index contributed by atoms with van der Waals surface area (Å²) in [5, 5.41) is 13.8. The molecule has 0 amide bonds. The third kappa shape index (κ3) is 3.72. The molecule has 1 aromatic carbocycles. The molecule has 0 saturated carbocycles. The van der Waals surface area contributed by atoms with Gasteiger partial charge in [0.15, 0.2) is 0 Å². The summed E-state index contributed by atoms with van der Waals surface area (Å²) in [6.07, 6.45) is 1.91. The maximum Gasteiger partial charge on any atom is 0.0636 e. The number of nitrogens with zero attached hydrogens (tertiary/aromatic N) is 1. The largest absolute Gasteiger partial charge is 0.392 e. The van der Waals surface area contributed by atoms with E-state index in [4.69, 9.17) is 0 Å². The molecule has 2 rings (SSSR count). The third-order valence-electron chi connectivity index (χ3n) is 3.13. The van der Waals surface area contributed by atoms with Crippen LogP contribution in [0.3, 0.4) is 0 Å². The first-order valence-electron chi connectivity index (χ1n) is 6.57. The second-order valence-corrected chi connectivity index (χ2v) is 5.15. The van der Waals surface area contributed by atoms with Crippen molar-refractivity contribution in [3.8, 4) is 0 Å². The van der Waals surface area contributed by atoms with E-state index in [0.29, 0.717) is 12.6 Å². The standard InChI is InChI=1S/C15H22N2O.ClH/c1-11(2)17-10-13(9-16-8-12(3)18)14-6-4-5-7-15(14)17;/h4-7,10-12,16,18H,8-9H2,1-3H3;1H. The number of nitrogens with one attached hydrogen (secondary N) is 1. The summed E-state index contributed by atoms with van der Waals surface area (Å²) >= 11 is 0. The number of hydrogen-bond donors (Lipinski definition) is 2. The van der Waals surface area contributed by atoms with Gasteiger partial charge in [-0.1, -0.05) is 18.2 Å². The molecular weight excluding hydrogens is 260 g/mol. The molecule has 0 aliphatic rings. The summed E-state index contributed by atoms with van der Waals surface area (Å²) in [7, 11) is 0. The van der Waals surface area contributed by atoms with E-state index in [1.807, 2.05) is 0 Å². The predicted octanol–water partition coefficient (Wildman–Crippen LogP) is 3.11. The lowest BCUT2D eigenvalue weighted by Gasteiger charge is -2.08. The minimum Gasteiger partial charge on any atom is -0.392 e. The topological polar surface area (TPSA) is 37.2 Å². The molecule has 4 heteroatoms. The quantitative estimate of drug-likeness (QED) is 0.884. The van der Waals surface area contributed by atoms with E-state index < -0.39 is 0 Å². The molecule has 0 aliphatic heterocycles. The van der Waals surface area contributed by atoms with Crippen molar-refractivity contribution in [2.75, 3.05) is 6.54 Å². The van der Waals surface area contributed by atoms with E-state index in [1.165, 1.54) is 16.5 Å². The van der Waals surface area contributed by atoms with Crippen molar-refractivity contribution in [2.24, 2.45) is 0 Å². The van der Waals surface area contributed by atoms with E-state index in [9.17, 15) is 5.11 Å². The van der Waals surface area contributed by atoms with Crippen LogP contribution in [0.2, 0.25) is 0 Å². The van der Waals surface area contributed by atoms with E-state index in [1.54, 1.807) is 6.92 Å². The molecule has 0 saturated heterocycles. The zero-order valence-electron chi connectivity index (χ0n) is 11.8. The van der Waals surface area contributed by atoms with Crippen molar-refractivity contribution in [3.05, 3.63) is 36.0 Å². The number of halogens is 1. The van der Waals surface area contributed by atoms with Crippen molar-refractivity contribution in [1.29, 1.82) is 0 Å². The van der Waals surface area contributed by atoms with Crippen LogP contribution >= 0.6 is 12.4 Å². The molecule has 1 aromatic heterocycles. The Hall–Kier alpha value is -1.03. The summed E-state index contributed by atoms with van der Waals surface area (Å²) in [5.74, 6) is 0. The number of hydrogen-bond acceptors (Lipinski definition) is 2. The summed E-state index contributed by atoms with van der Waals surface area (Å²) in [4.78, 5) is 0. The molecule has 2 N–H and O–H groups in total. The first kappa shape index (κ1) is 16.0. The Morgan fingerprint density at radius 1 is 1.21 bits per heavy atom. The summed E-state index contributed by atoms with van der Waals surface area (Å²) in [6, 6.07) is 8.93. The van der Waals surface area contributed by atoms with Crippen LogP contribution in [0.5, 0.6) is 0 Å². The van der Waals surface area contributed by atoms with Crippen LogP contribution in [0.1, 0.15) is 32.4 Å². The zero-order chi connectivity index (χ0) is 13.1. The van der Waals surface area contributed by atoms with Crippen LogP contribution < -0.4 is 5.32 Å². The van der Waals surface area contributed by atoms with Crippen LogP contribution in [0, 0.1) is 0 Å². The Balaban J connectivity index is 0.00000180. The van der Waals surface area contributed by atoms with Gasteiger partial charge >= 0.3 is 0 Å². The summed E-state index contributed by atoms with van der Waals surface area (Å²) in [5.41, 5.74) is 2.57. The molecule has 0 fully saturated rings. The molecule has 0 bridgehead atoms. The monoisotopic (exact) mass is 282 g/mol. The SMILES string of the molecule is CC(O)CNCc1cn(C(C)C)c2ccccc12.Cl. The smallest absolute Gasteiger partial charge is 0.0636 e. The van der Waals surface area contributed by atoms with Crippen molar-refractivity contribution in [3.63, 3.8) is 0 Å². The number of aliphatic hydroxyl groups is 1. The van der Waals surface area contributed by atoms with E-state index in [-0.39, 0.29) is 18.5 Å². The van der Waals surface area contributed by atoms with Crippen molar-refractivity contribution < 1.29 is 5.11 Å². The van der Waals surface area contributed by atoms with E-state index >= 15 is 0 Å². The van der Waals surface area contributed by atoms with Crippen molar-refractivity contribution in [2.45, 2.75) is 39.5 Å². The van der Waals surface area contributed by atoms with Crippen LogP contribution in [0.25, 0.3) is 10.9 Å². The number of fused-ring (bicyclic) bond motifs is 1. The maximum absolute atomic E-state index is 9.27. The fourth-order valence-electron chi connectivity index (χ4n) is 2.26. The molecule has 1 unspecified atom stereocenters. The van der Waals surface area contributed by atoms with Gasteiger partial charge in [0.1, 0.15) is 0 Å². The van der Waals surface area contributed by atoms with Gasteiger partial charge in [-0.3, -0.25) is 0 Å². The van der Waals surface area contributed by atoms with Gasteiger partial charge in [-0.15, -0.1) is 12.4 Å². The average molecular weight is 283 g/mol. The molecule has 2 aromatic rings. The van der Waals surface area contributed by atoms with Crippen LogP contribution in [-0.2, 0) is 6.54 Å². The van der Waals surface area contributed by atoms with Gasteiger partial charge in [-0.2, -0.15) is 0 Å². The number of rotatable bonds is 5. The van der Waals surface area contributed by atoms with Crippen molar-refractivity contribution >= 4 is 23.3 Å². The van der Waals surface area contributed by atoms with Crippen LogP contribution in [-0.4, -0.2) is 22.3 Å². The third-order valence-corrected chi connectivity index (χ3v) is 3.13. The molecule has 106 valence electrons. The van der Waals surface area contributed by atoms with Gasteiger partial charge in [0.05, 0.1) is 6.10 Å². The maximum atomic E-state index is 9.27. The Morgan fingerprint density at radius 3 is 2.53 bits per heavy atom. The lowest BCUT2D eigenvalue weighted by molar-refractivity contribution is 0.191. The highest BCUT2D eigenvalue weighted by atomic mass is 35.5. The van der Waals surface area contributed by atoms with E-state index in [2.05, 4.69) is 54.2 Å². The van der Waals surface area contributed by atoms with Gasteiger partial charge in [-0.25, -0.2) is 0 Å². The molecule has 0 aliphatic carbocycles. The molecule has 0 spiro atoms. The Morgan fingerprint density at radius 2 is 1.89 bits per heavy atom. The predicted molar refractivity (Wildman–Crippen MR) is 83.0 cm³/mol. The normalized spacial score (nSPS) is 12.7. The first-order chi connectivity index (χ1) is 8.59. The Bertz CT molecular complexity index is 520. The molecule has 0 radical (unpaired) electrons. The van der Waals surface area contributed by atoms with Crippen molar-refractivity contribution in [1.82, 2.24) is 9.88 Å². The Kier molecular flexibility index (Phi) is 5.85. The number of benzene rings is 1. The first-order valence-corrected chi connectivity index (χ1v) is 6.57. The highest BCUT2D eigenvalue weighted by molar-refractivity contribution is 5.85. The fourth-order valence-corrected chi connectivity index (χ4v) is 2.26. The molecule has 1 heterocycles. The van der Waals surface area contributed by atoms with Gasteiger partial charge in [0.25, 0.3) is 0 Å². The Labute approximate surface area is 121 Å².